The molecular formula is C11H21N3O. The van der Waals surface area contributed by atoms with Crippen LogP contribution in [0.1, 0.15) is 39.1 Å². The maximum absolute atomic E-state index is 6.15. The average molecular weight is 211 g/mol. The van der Waals surface area contributed by atoms with Crippen molar-refractivity contribution in [1.29, 1.82) is 0 Å². The van der Waals surface area contributed by atoms with Gasteiger partial charge in [0.25, 0.3) is 0 Å². The molecule has 4 nitrogen and oxygen atoms in total. The van der Waals surface area contributed by atoms with E-state index in [2.05, 4.69) is 23.4 Å². The summed E-state index contributed by atoms with van der Waals surface area (Å²) < 4.78 is 7.66. The van der Waals surface area contributed by atoms with Gasteiger partial charge in [-0.3, -0.25) is 0 Å². The number of ether oxygens (including phenoxy) is 1. The van der Waals surface area contributed by atoms with Crippen LogP contribution in [0.3, 0.4) is 0 Å². The van der Waals surface area contributed by atoms with Gasteiger partial charge in [-0.2, -0.15) is 0 Å². The van der Waals surface area contributed by atoms with Crippen molar-refractivity contribution >= 4 is 0 Å². The number of aromatic nitrogens is 2. The lowest BCUT2D eigenvalue weighted by Crippen LogP contribution is -2.31. The Morgan fingerprint density at radius 2 is 2.20 bits per heavy atom. The second-order valence-electron chi connectivity index (χ2n) is 3.50. The Morgan fingerprint density at radius 3 is 2.73 bits per heavy atom. The van der Waals surface area contributed by atoms with Crippen LogP contribution in [0, 0.1) is 0 Å². The molecule has 1 rings (SSSR count). The summed E-state index contributed by atoms with van der Waals surface area (Å²) >= 11 is 0. The Kier molecular flexibility index (Phi) is 4.78. The summed E-state index contributed by atoms with van der Waals surface area (Å²) in [6.07, 6.45) is 4.71. The van der Waals surface area contributed by atoms with Crippen LogP contribution in [0.2, 0.25) is 0 Å². The minimum atomic E-state index is -0.134. The average Bonchev–Trinajstić information content (AvgIpc) is 2.72. The molecule has 0 fully saturated rings. The third-order valence-electron chi connectivity index (χ3n) is 2.57. The van der Waals surface area contributed by atoms with E-state index in [0.29, 0.717) is 6.61 Å². The van der Waals surface area contributed by atoms with Crippen molar-refractivity contribution < 1.29 is 4.74 Å². The minimum Gasteiger partial charge on any atom is -0.376 e. The molecule has 0 saturated heterocycles. The smallest absolute Gasteiger partial charge is 0.128 e. The fraction of sp³-hybridized carbons (Fsp3) is 0.727. The van der Waals surface area contributed by atoms with Crippen molar-refractivity contribution in [2.24, 2.45) is 5.73 Å². The molecule has 0 amide bonds. The molecule has 0 aromatic carbocycles. The number of hydrogen-bond acceptors (Lipinski definition) is 3. The summed E-state index contributed by atoms with van der Waals surface area (Å²) in [5.41, 5.74) is 6.15. The Balaban J connectivity index is 2.77. The summed E-state index contributed by atoms with van der Waals surface area (Å²) in [5, 5.41) is 0. The fourth-order valence-electron chi connectivity index (χ4n) is 1.74. The molecule has 4 heteroatoms. The van der Waals surface area contributed by atoms with E-state index in [1.54, 1.807) is 6.20 Å². The van der Waals surface area contributed by atoms with E-state index in [-0.39, 0.29) is 12.1 Å². The van der Waals surface area contributed by atoms with Crippen LogP contribution in [-0.4, -0.2) is 22.3 Å². The molecule has 2 unspecified atom stereocenters. The van der Waals surface area contributed by atoms with E-state index in [0.717, 1.165) is 18.8 Å². The summed E-state index contributed by atoms with van der Waals surface area (Å²) in [5.74, 6) is 0.915. The molecular weight excluding hydrogens is 190 g/mol. The normalized spacial score (nSPS) is 15.2. The highest BCUT2D eigenvalue weighted by Gasteiger charge is 2.21. The quantitative estimate of drug-likeness (QED) is 0.779. The molecule has 0 aliphatic carbocycles. The Bertz CT molecular complexity index is 285. The molecule has 1 aromatic heterocycles. The number of nitrogens with zero attached hydrogens (tertiary/aromatic N) is 2. The van der Waals surface area contributed by atoms with Gasteiger partial charge in [0.1, 0.15) is 5.82 Å². The van der Waals surface area contributed by atoms with Gasteiger partial charge >= 0.3 is 0 Å². The molecule has 15 heavy (non-hydrogen) atoms. The first kappa shape index (κ1) is 12.2. The zero-order valence-corrected chi connectivity index (χ0v) is 9.81. The third-order valence-corrected chi connectivity index (χ3v) is 2.57. The van der Waals surface area contributed by atoms with E-state index in [4.69, 9.17) is 10.5 Å². The summed E-state index contributed by atoms with van der Waals surface area (Å²) in [4.78, 5) is 4.30. The van der Waals surface area contributed by atoms with Crippen LogP contribution < -0.4 is 5.73 Å². The second kappa shape index (κ2) is 5.88. The predicted molar refractivity (Wildman–Crippen MR) is 60.5 cm³/mol. The first-order chi connectivity index (χ1) is 7.24. The molecule has 86 valence electrons. The van der Waals surface area contributed by atoms with Gasteiger partial charge in [-0.05, 0) is 20.3 Å². The molecule has 2 atom stereocenters. The summed E-state index contributed by atoms with van der Waals surface area (Å²) in [7, 11) is 0. The van der Waals surface area contributed by atoms with Crippen molar-refractivity contribution in [2.45, 2.75) is 45.9 Å². The van der Waals surface area contributed by atoms with Crippen LogP contribution in [0.15, 0.2) is 12.4 Å². The summed E-state index contributed by atoms with van der Waals surface area (Å²) in [6.45, 7) is 7.74. The van der Waals surface area contributed by atoms with Gasteiger partial charge in [-0.15, -0.1) is 0 Å². The number of hydrogen-bond donors (Lipinski definition) is 1. The Morgan fingerprint density at radius 1 is 1.47 bits per heavy atom. The number of imidazole rings is 1. The first-order valence-electron chi connectivity index (χ1n) is 5.62. The Hall–Kier alpha value is -0.870. The highest BCUT2D eigenvalue weighted by Crippen LogP contribution is 2.17. The van der Waals surface area contributed by atoms with Crippen molar-refractivity contribution in [3.8, 4) is 0 Å². The molecule has 0 saturated carbocycles. The van der Waals surface area contributed by atoms with E-state index >= 15 is 0 Å². The van der Waals surface area contributed by atoms with E-state index < -0.39 is 0 Å². The zero-order valence-electron chi connectivity index (χ0n) is 9.81. The van der Waals surface area contributed by atoms with Gasteiger partial charge in [0.05, 0.1) is 12.1 Å². The van der Waals surface area contributed by atoms with Gasteiger partial charge in [-0.1, -0.05) is 6.92 Å². The fourth-order valence-corrected chi connectivity index (χ4v) is 1.74. The molecule has 0 radical (unpaired) electrons. The van der Waals surface area contributed by atoms with Crippen LogP contribution >= 0.6 is 0 Å². The van der Waals surface area contributed by atoms with E-state index in [1.165, 1.54) is 0 Å². The predicted octanol–water partition coefficient (Wildman–Crippen LogP) is 1.72. The van der Waals surface area contributed by atoms with Crippen LogP contribution in [-0.2, 0) is 11.3 Å². The van der Waals surface area contributed by atoms with Gasteiger partial charge < -0.3 is 15.0 Å². The maximum Gasteiger partial charge on any atom is 0.128 e. The van der Waals surface area contributed by atoms with E-state index in [9.17, 15) is 0 Å². The lowest BCUT2D eigenvalue weighted by atomic mass is 10.1. The molecule has 1 aromatic rings. The van der Waals surface area contributed by atoms with Crippen molar-refractivity contribution in [3.63, 3.8) is 0 Å². The van der Waals surface area contributed by atoms with Crippen LogP contribution in [0.5, 0.6) is 0 Å². The van der Waals surface area contributed by atoms with Crippen LogP contribution in [0.4, 0.5) is 0 Å². The Labute approximate surface area is 91.4 Å². The highest BCUT2D eigenvalue weighted by molar-refractivity contribution is 5.01. The maximum atomic E-state index is 6.15. The number of rotatable bonds is 6. The second-order valence-corrected chi connectivity index (χ2v) is 3.50. The van der Waals surface area contributed by atoms with Gasteiger partial charge in [0, 0.05) is 25.5 Å². The topological polar surface area (TPSA) is 53.1 Å². The minimum absolute atomic E-state index is 0.0581. The number of aryl methyl sites for hydroxylation is 1. The summed E-state index contributed by atoms with van der Waals surface area (Å²) in [6, 6.07) is -0.134. The largest absolute Gasteiger partial charge is 0.376 e. The molecule has 0 spiro atoms. The zero-order chi connectivity index (χ0) is 11.3. The monoisotopic (exact) mass is 211 g/mol. The van der Waals surface area contributed by atoms with Crippen molar-refractivity contribution in [2.75, 3.05) is 6.61 Å². The first-order valence-corrected chi connectivity index (χ1v) is 5.62. The third kappa shape index (κ3) is 2.79. The molecule has 0 bridgehead atoms. The van der Waals surface area contributed by atoms with E-state index in [1.807, 2.05) is 13.1 Å². The van der Waals surface area contributed by atoms with Gasteiger partial charge in [0.15, 0.2) is 0 Å². The van der Waals surface area contributed by atoms with Gasteiger partial charge in [0.2, 0.25) is 0 Å². The van der Waals surface area contributed by atoms with Crippen molar-refractivity contribution in [1.82, 2.24) is 9.55 Å². The molecule has 0 aliphatic heterocycles. The SMILES string of the molecule is CCOC(CC)C(N)c1nccn1CC. The van der Waals surface area contributed by atoms with Gasteiger partial charge in [-0.25, -0.2) is 4.98 Å². The molecule has 0 aliphatic rings. The van der Waals surface area contributed by atoms with Crippen molar-refractivity contribution in [3.05, 3.63) is 18.2 Å². The lowest BCUT2D eigenvalue weighted by molar-refractivity contribution is 0.0386. The van der Waals surface area contributed by atoms with Crippen LogP contribution in [0.25, 0.3) is 0 Å². The standard InChI is InChI=1S/C11H21N3O/c1-4-9(15-6-3)10(12)11-13-7-8-14(11)5-2/h7-10H,4-6,12H2,1-3H3. The molecule has 2 N–H and O–H groups in total. The number of nitrogens with two attached hydrogens (primary N) is 1. The molecule has 1 heterocycles. The lowest BCUT2D eigenvalue weighted by Gasteiger charge is -2.22. The highest BCUT2D eigenvalue weighted by atomic mass is 16.5.